The molecule has 0 spiro atoms. The monoisotopic (exact) mass is 1350 g/mol. The molecule has 4 atom stereocenters. The number of amides is 9. The van der Waals surface area contributed by atoms with Gasteiger partial charge in [-0.3, -0.25) is 59.4 Å². The summed E-state index contributed by atoms with van der Waals surface area (Å²) in [7, 11) is 3.91. The van der Waals surface area contributed by atoms with Gasteiger partial charge in [0.05, 0.1) is 43.6 Å². The summed E-state index contributed by atoms with van der Waals surface area (Å²) < 4.78 is 21.9. The molecule has 34 heteroatoms. The lowest BCUT2D eigenvalue weighted by Gasteiger charge is -2.22. The van der Waals surface area contributed by atoms with Crippen LogP contribution in [0.5, 0.6) is 23.0 Å². The van der Waals surface area contributed by atoms with Gasteiger partial charge in [-0.25, -0.2) is 4.79 Å². The van der Waals surface area contributed by atoms with Crippen molar-refractivity contribution in [2.45, 2.75) is 76.0 Å². The second kappa shape index (κ2) is 36.1. The predicted octanol–water partition coefficient (Wildman–Crippen LogP) is 1.44. The smallest absolute Gasteiger partial charge is 0.341 e. The third-order valence-electron chi connectivity index (χ3n) is 14.6. The van der Waals surface area contributed by atoms with Crippen LogP contribution in [0, 0.1) is 16.2 Å². The van der Waals surface area contributed by atoms with Crippen LogP contribution in [0.3, 0.4) is 0 Å². The first-order valence-electron chi connectivity index (χ1n) is 30.3. The van der Waals surface area contributed by atoms with Gasteiger partial charge in [-0.15, -0.1) is 0 Å². The van der Waals surface area contributed by atoms with Crippen LogP contribution in [0.15, 0.2) is 103 Å². The van der Waals surface area contributed by atoms with Gasteiger partial charge in [0.2, 0.25) is 29.5 Å². The molecule has 0 aliphatic heterocycles. The molecule has 9 amide bonds. The number of hydrogen-bond acceptors (Lipinski definition) is 17. The predicted molar refractivity (Wildman–Crippen MR) is 362 cm³/mol. The number of guanidine groups is 3. The van der Waals surface area contributed by atoms with Crippen molar-refractivity contribution in [2.75, 3.05) is 68.8 Å². The van der Waals surface area contributed by atoms with Crippen molar-refractivity contribution in [2.24, 2.45) is 22.9 Å². The Bertz CT molecular complexity index is 3970. The molecule has 24 N–H and O–H groups in total. The van der Waals surface area contributed by atoms with E-state index in [1.165, 1.54) is 95.0 Å². The lowest BCUT2D eigenvalue weighted by Crippen LogP contribution is -2.46. The second-order valence-electron chi connectivity index (χ2n) is 21.8. The molecule has 0 radical (unpaired) electrons. The number of rotatable bonds is 36. The van der Waals surface area contributed by atoms with Gasteiger partial charge >= 0.3 is 5.97 Å². The Balaban J connectivity index is 1.24. The van der Waals surface area contributed by atoms with Crippen molar-refractivity contribution in [3.05, 3.63) is 131 Å². The minimum atomic E-state index is -1.43. The topological polar surface area (TPSA) is 552 Å². The maximum Gasteiger partial charge on any atom is 0.341 e. The number of anilines is 4. The first-order chi connectivity index (χ1) is 46.8. The van der Waals surface area contributed by atoms with Gasteiger partial charge in [0.25, 0.3) is 23.6 Å². The third kappa shape index (κ3) is 22.3. The number of carbonyl (C=O) groups is 10. The number of nitrogens with one attached hydrogen (secondary N) is 15. The summed E-state index contributed by atoms with van der Waals surface area (Å²) in [5.74, 6) is -9.77. The van der Waals surface area contributed by atoms with Crippen LogP contribution < -0.4 is 100 Å². The quantitative estimate of drug-likeness (QED) is 0.0150. The van der Waals surface area contributed by atoms with Crippen molar-refractivity contribution < 1.29 is 72.0 Å². The lowest BCUT2D eigenvalue weighted by molar-refractivity contribution is -0.139. The highest BCUT2D eigenvalue weighted by molar-refractivity contribution is 6.08. The van der Waals surface area contributed by atoms with Crippen molar-refractivity contribution in [1.29, 1.82) is 16.2 Å². The summed E-state index contributed by atoms with van der Waals surface area (Å²) in [5, 5.41) is 62.3. The molecule has 4 unspecified atom stereocenters. The number of hydrogen-bond donors (Lipinski definition) is 20. The van der Waals surface area contributed by atoms with E-state index in [0.29, 0.717) is 5.56 Å². The SMILES string of the molecule is COc1ccc(NC(=O)C(CCCNC(=N)N)NC(=O)c2cc(NC(=O)C(CCCNC(=N)N)NC(=O)c3cc(NC(=O)C(CCCNC(=N)N)NC(=O)c4cc(NC(C)=O)ccc4OC)ccc3OC)ccc2OCC(=O)O)cc1C(=O)NC(Cc1c[nH]c2ccccc12)C(N)=O. The zero-order chi connectivity index (χ0) is 71.6. The molecule has 1 heterocycles. The van der Waals surface area contributed by atoms with Gasteiger partial charge in [0.1, 0.15) is 47.2 Å². The third-order valence-corrected chi connectivity index (χ3v) is 14.6. The van der Waals surface area contributed by atoms with Crippen molar-refractivity contribution in [1.82, 2.24) is 42.2 Å². The fourth-order valence-corrected chi connectivity index (χ4v) is 9.91. The summed E-state index contributed by atoms with van der Waals surface area (Å²) in [6.45, 7) is 0.620. The maximum atomic E-state index is 14.5. The molecule has 0 aliphatic rings. The number of fused-ring (bicyclic) bond motifs is 1. The first-order valence-corrected chi connectivity index (χ1v) is 30.3. The number of para-hydroxylation sites is 1. The number of primary amides is 1. The number of benzene rings is 5. The minimum Gasteiger partial charge on any atom is -0.496 e. The molecule has 6 aromatic rings. The van der Waals surface area contributed by atoms with Crippen LogP contribution >= 0.6 is 0 Å². The zero-order valence-corrected chi connectivity index (χ0v) is 53.9. The first kappa shape index (κ1) is 74.4. The minimum absolute atomic E-state index is 0.00188. The lowest BCUT2D eigenvalue weighted by atomic mass is 10.0. The van der Waals surface area contributed by atoms with Crippen molar-refractivity contribution >= 4 is 111 Å². The second-order valence-corrected chi connectivity index (χ2v) is 21.8. The molecule has 520 valence electrons. The Morgan fingerprint density at radius 2 is 0.827 bits per heavy atom. The number of aromatic nitrogens is 1. The summed E-state index contributed by atoms with van der Waals surface area (Å²) in [6, 6.07) is 18.1. The normalized spacial score (nSPS) is 11.9. The van der Waals surface area contributed by atoms with Gasteiger partial charge in [-0.2, -0.15) is 0 Å². The summed E-state index contributed by atoms with van der Waals surface area (Å²) in [6.07, 6.45) is 1.96. The summed E-state index contributed by atoms with van der Waals surface area (Å²) in [4.78, 5) is 139. The fourth-order valence-electron chi connectivity index (χ4n) is 9.91. The van der Waals surface area contributed by atoms with Crippen LogP contribution in [0.25, 0.3) is 10.9 Å². The van der Waals surface area contributed by atoms with Gasteiger partial charge in [0, 0.05) is 72.8 Å². The van der Waals surface area contributed by atoms with Gasteiger partial charge in [-0.1, -0.05) is 18.2 Å². The molecule has 0 saturated carbocycles. The number of carboxylic acids is 1. The van der Waals surface area contributed by atoms with Crippen LogP contribution in [0.1, 0.15) is 92.4 Å². The Morgan fingerprint density at radius 3 is 1.17 bits per heavy atom. The van der Waals surface area contributed by atoms with E-state index in [1.807, 2.05) is 24.3 Å². The van der Waals surface area contributed by atoms with E-state index in [-0.39, 0.29) is 150 Å². The molecule has 0 fully saturated rings. The van der Waals surface area contributed by atoms with E-state index in [1.54, 1.807) is 6.20 Å². The number of aromatic amines is 1. The Hall–Kier alpha value is -12.7. The van der Waals surface area contributed by atoms with Gasteiger partial charge in [-0.05, 0) is 123 Å². The summed E-state index contributed by atoms with van der Waals surface area (Å²) >= 11 is 0. The van der Waals surface area contributed by atoms with Crippen molar-refractivity contribution in [3.8, 4) is 23.0 Å². The van der Waals surface area contributed by atoms with Crippen LogP contribution in [-0.4, -0.2) is 159 Å². The van der Waals surface area contributed by atoms with Crippen LogP contribution in [0.2, 0.25) is 0 Å². The highest BCUT2D eigenvalue weighted by atomic mass is 16.5. The van der Waals surface area contributed by atoms with E-state index in [2.05, 4.69) is 63.5 Å². The van der Waals surface area contributed by atoms with E-state index in [4.69, 9.17) is 58.1 Å². The molecule has 1 aromatic heterocycles. The van der Waals surface area contributed by atoms with Crippen LogP contribution in [-0.2, 0) is 35.2 Å². The molecule has 5 aromatic carbocycles. The molecular formula is C64H79N19O15. The molecule has 0 bridgehead atoms. The Labute approximate surface area is 561 Å². The number of aliphatic carboxylic acids is 1. The molecular weight excluding hydrogens is 1270 g/mol. The number of carbonyl (C=O) groups excluding carboxylic acids is 9. The zero-order valence-electron chi connectivity index (χ0n) is 53.9. The molecule has 98 heavy (non-hydrogen) atoms. The van der Waals surface area contributed by atoms with E-state index in [0.717, 1.165) is 17.0 Å². The van der Waals surface area contributed by atoms with Gasteiger partial charge < -0.3 is 110 Å². The number of ether oxygens (including phenoxy) is 4. The van der Waals surface area contributed by atoms with E-state index >= 15 is 0 Å². The number of methoxy groups -OCH3 is 3. The number of carboxylic acid groups (broad SMARTS) is 1. The largest absolute Gasteiger partial charge is 0.496 e. The van der Waals surface area contributed by atoms with E-state index < -0.39 is 89.9 Å². The van der Waals surface area contributed by atoms with Crippen LogP contribution in [0.4, 0.5) is 22.7 Å². The van der Waals surface area contributed by atoms with Crippen molar-refractivity contribution in [3.63, 3.8) is 0 Å². The number of H-pyrrole nitrogens is 1. The van der Waals surface area contributed by atoms with Gasteiger partial charge in [0.15, 0.2) is 24.5 Å². The highest BCUT2D eigenvalue weighted by Crippen LogP contribution is 2.29. The molecule has 34 nitrogen and oxygen atoms in total. The average Bonchev–Trinajstić information content (AvgIpc) is 1.87. The standard InChI is InChI=1S/C64H79N19O15/c1-33(84)76-35-15-19-49(95-2)40(27-35)55(88)80-45(12-7-23-72-62(66)67)59(92)77-36-16-20-50(96-3)41(28-36)56(89)81-46(13-8-24-73-63(68)69)60(93)79-38-18-22-52(98-32-53(85)86)43(30-38)58(91)82-47(14-9-25-74-64(70)71)61(94)78-37-17-21-51(97-4)42(29-37)57(90)83-48(54(65)87)26-34-31-75-44-11-6-5-10-39(34)44/h5-6,10-11,15-22,27-31,45-48,75H,7-9,12-14,23-26,32H2,1-4H3,(H2,65,87)(H,76,84)(H,77,92)(H,78,94)(H,79,93)(H,80,88)(H,81,89)(H,82,91)(H,83,90)(H,85,86)(H4,66,67,72)(H4,68,69,73)(H4,70,71,74). The maximum absolute atomic E-state index is 14.5. The molecule has 0 aliphatic carbocycles. The number of nitrogens with two attached hydrogens (primary N) is 4. The van der Waals surface area contributed by atoms with E-state index in [9.17, 15) is 53.1 Å². The average molecular weight is 1350 g/mol. The molecule has 6 rings (SSSR count). The highest BCUT2D eigenvalue weighted by Gasteiger charge is 2.30. The molecule has 0 saturated heterocycles. The summed E-state index contributed by atoms with van der Waals surface area (Å²) in [5.41, 5.74) is 23.3. The Morgan fingerprint density at radius 1 is 0.480 bits per heavy atom. The fraction of sp³-hybridized carbons (Fsp3) is 0.297. The Kier molecular flexibility index (Phi) is 27.4.